The number of carbonyl (C=O) groups excluding carboxylic acids is 1. The second-order valence-electron chi connectivity index (χ2n) is 7.36. The van der Waals surface area contributed by atoms with E-state index in [1.54, 1.807) is 4.57 Å². The standard InChI is InChI=1S/C23H23N5O2S/c1-15-13-19-21(24-15)22(30)28(18-7-5-4-6-8-18)23(26-19)31-14-20(29)25-16-9-11-17(12-10-16)27(2)3/h4-13,24H,14H2,1-3H3,(H,25,29). The lowest BCUT2D eigenvalue weighted by molar-refractivity contribution is -0.113. The van der Waals surface area contributed by atoms with E-state index >= 15 is 0 Å². The minimum absolute atomic E-state index is 0.129. The monoisotopic (exact) mass is 433 g/mol. The predicted molar refractivity (Wildman–Crippen MR) is 127 cm³/mol. The van der Waals surface area contributed by atoms with E-state index in [9.17, 15) is 9.59 Å². The molecule has 0 spiro atoms. The van der Waals surface area contributed by atoms with Gasteiger partial charge in [0.05, 0.1) is 17.0 Å². The molecule has 2 heterocycles. The van der Waals surface area contributed by atoms with Crippen molar-refractivity contribution in [2.24, 2.45) is 0 Å². The Kier molecular flexibility index (Phi) is 5.81. The normalized spacial score (nSPS) is 10.9. The maximum atomic E-state index is 13.2. The molecule has 8 heteroatoms. The molecule has 7 nitrogen and oxygen atoms in total. The fourth-order valence-corrected chi connectivity index (χ4v) is 4.06. The summed E-state index contributed by atoms with van der Waals surface area (Å²) in [6.07, 6.45) is 0. The fourth-order valence-electron chi connectivity index (χ4n) is 3.25. The lowest BCUT2D eigenvalue weighted by Gasteiger charge is -2.13. The van der Waals surface area contributed by atoms with Crippen LogP contribution < -0.4 is 15.8 Å². The van der Waals surface area contributed by atoms with Crippen molar-refractivity contribution in [3.63, 3.8) is 0 Å². The molecule has 1 amide bonds. The molecule has 158 valence electrons. The Morgan fingerprint density at radius 2 is 1.84 bits per heavy atom. The molecule has 0 fully saturated rings. The Labute approximate surface area is 184 Å². The Morgan fingerprint density at radius 3 is 2.52 bits per heavy atom. The Hall–Kier alpha value is -3.52. The van der Waals surface area contributed by atoms with Crippen molar-refractivity contribution in [1.82, 2.24) is 14.5 Å². The van der Waals surface area contributed by atoms with Gasteiger partial charge in [0.25, 0.3) is 5.56 Å². The van der Waals surface area contributed by atoms with Gasteiger partial charge < -0.3 is 15.2 Å². The summed E-state index contributed by atoms with van der Waals surface area (Å²) in [6, 6.07) is 18.8. The first-order chi connectivity index (χ1) is 14.9. The zero-order valence-corrected chi connectivity index (χ0v) is 18.4. The third-order valence-corrected chi connectivity index (χ3v) is 5.71. The van der Waals surface area contributed by atoms with Crippen molar-refractivity contribution in [2.75, 3.05) is 30.1 Å². The van der Waals surface area contributed by atoms with Crippen molar-refractivity contribution in [3.8, 4) is 5.69 Å². The minimum atomic E-state index is -0.188. The summed E-state index contributed by atoms with van der Waals surface area (Å²) in [4.78, 5) is 35.4. The number of hydrogen-bond acceptors (Lipinski definition) is 5. The first-order valence-corrected chi connectivity index (χ1v) is 10.8. The van der Waals surface area contributed by atoms with Crippen LogP contribution in [0.15, 0.2) is 70.6 Å². The van der Waals surface area contributed by atoms with Crippen LogP contribution in [0.4, 0.5) is 11.4 Å². The van der Waals surface area contributed by atoms with Crippen molar-refractivity contribution in [1.29, 1.82) is 0 Å². The molecule has 31 heavy (non-hydrogen) atoms. The number of carbonyl (C=O) groups is 1. The number of aryl methyl sites for hydroxylation is 1. The topological polar surface area (TPSA) is 83.0 Å². The maximum Gasteiger partial charge on any atom is 0.283 e. The molecule has 0 saturated carbocycles. The highest BCUT2D eigenvalue weighted by molar-refractivity contribution is 7.99. The highest BCUT2D eigenvalue weighted by Crippen LogP contribution is 2.22. The second kappa shape index (κ2) is 8.69. The van der Waals surface area contributed by atoms with Gasteiger partial charge in [0.15, 0.2) is 5.16 Å². The number of nitrogens with one attached hydrogen (secondary N) is 2. The number of aromatic nitrogens is 3. The van der Waals surface area contributed by atoms with Crippen molar-refractivity contribution in [3.05, 3.63) is 76.7 Å². The van der Waals surface area contributed by atoms with Gasteiger partial charge in [0, 0.05) is 31.2 Å². The predicted octanol–water partition coefficient (Wildman–Crippen LogP) is 3.82. The van der Waals surface area contributed by atoms with Gasteiger partial charge >= 0.3 is 0 Å². The molecule has 4 aromatic rings. The van der Waals surface area contributed by atoms with Gasteiger partial charge in [-0.25, -0.2) is 4.98 Å². The Bertz CT molecular complexity index is 1280. The molecular weight excluding hydrogens is 410 g/mol. The van der Waals surface area contributed by atoms with E-state index in [0.29, 0.717) is 21.9 Å². The molecule has 0 saturated heterocycles. The van der Waals surface area contributed by atoms with Gasteiger partial charge in [-0.15, -0.1) is 0 Å². The van der Waals surface area contributed by atoms with E-state index in [2.05, 4.69) is 15.3 Å². The van der Waals surface area contributed by atoms with E-state index in [1.165, 1.54) is 11.8 Å². The molecule has 0 aliphatic carbocycles. The maximum absolute atomic E-state index is 13.2. The lowest BCUT2D eigenvalue weighted by atomic mass is 10.2. The summed E-state index contributed by atoms with van der Waals surface area (Å²) in [5.74, 6) is -0.0364. The van der Waals surface area contributed by atoms with E-state index in [1.807, 2.05) is 86.6 Å². The van der Waals surface area contributed by atoms with Crippen LogP contribution in [0.3, 0.4) is 0 Å². The average molecular weight is 434 g/mol. The quantitative estimate of drug-likeness (QED) is 0.357. The van der Waals surface area contributed by atoms with Crippen LogP contribution in [0.5, 0.6) is 0 Å². The van der Waals surface area contributed by atoms with Gasteiger partial charge in [0.1, 0.15) is 5.52 Å². The number of nitrogens with zero attached hydrogens (tertiary/aromatic N) is 3. The lowest BCUT2D eigenvalue weighted by Crippen LogP contribution is -2.23. The van der Waals surface area contributed by atoms with Crippen LogP contribution in [0.1, 0.15) is 5.69 Å². The SMILES string of the molecule is Cc1cc2nc(SCC(=O)Nc3ccc(N(C)C)cc3)n(-c3ccccc3)c(=O)c2[nH]1. The van der Waals surface area contributed by atoms with Gasteiger partial charge in [-0.05, 0) is 49.4 Å². The Morgan fingerprint density at radius 1 is 1.13 bits per heavy atom. The molecule has 0 aliphatic heterocycles. The Balaban J connectivity index is 1.59. The highest BCUT2D eigenvalue weighted by Gasteiger charge is 2.16. The van der Waals surface area contributed by atoms with Gasteiger partial charge in [-0.2, -0.15) is 0 Å². The number of amides is 1. The number of H-pyrrole nitrogens is 1. The highest BCUT2D eigenvalue weighted by atomic mass is 32.2. The van der Waals surface area contributed by atoms with Crippen LogP contribution in [0.25, 0.3) is 16.7 Å². The van der Waals surface area contributed by atoms with Crippen LogP contribution in [0.2, 0.25) is 0 Å². The minimum Gasteiger partial charge on any atom is -0.378 e. The number of para-hydroxylation sites is 1. The molecule has 2 aromatic carbocycles. The number of anilines is 2. The summed E-state index contributed by atoms with van der Waals surface area (Å²) in [5, 5.41) is 3.37. The summed E-state index contributed by atoms with van der Waals surface area (Å²) in [7, 11) is 3.93. The summed E-state index contributed by atoms with van der Waals surface area (Å²) < 4.78 is 1.54. The molecular formula is C23H23N5O2S. The smallest absolute Gasteiger partial charge is 0.283 e. The summed E-state index contributed by atoms with van der Waals surface area (Å²) in [5.41, 5.74) is 4.20. The van der Waals surface area contributed by atoms with Crippen molar-refractivity contribution >= 4 is 40.1 Å². The van der Waals surface area contributed by atoms with Gasteiger partial charge in [-0.3, -0.25) is 14.2 Å². The van der Waals surface area contributed by atoms with E-state index in [0.717, 1.165) is 17.1 Å². The molecule has 0 aliphatic rings. The van der Waals surface area contributed by atoms with Crippen LogP contribution in [0, 0.1) is 6.92 Å². The van der Waals surface area contributed by atoms with Crippen molar-refractivity contribution in [2.45, 2.75) is 12.1 Å². The number of aromatic amines is 1. The molecule has 0 unspecified atom stereocenters. The van der Waals surface area contributed by atoms with Gasteiger partial charge in [-0.1, -0.05) is 30.0 Å². The summed E-state index contributed by atoms with van der Waals surface area (Å²) in [6.45, 7) is 1.88. The van der Waals surface area contributed by atoms with E-state index in [4.69, 9.17) is 0 Å². The third kappa shape index (κ3) is 4.49. The number of benzene rings is 2. The fraction of sp³-hybridized carbons (Fsp3) is 0.174. The van der Waals surface area contributed by atoms with Crippen LogP contribution in [-0.2, 0) is 4.79 Å². The van der Waals surface area contributed by atoms with Crippen LogP contribution >= 0.6 is 11.8 Å². The average Bonchev–Trinajstić information content (AvgIpc) is 3.14. The first-order valence-electron chi connectivity index (χ1n) is 9.80. The third-order valence-electron chi connectivity index (χ3n) is 4.77. The number of hydrogen-bond donors (Lipinski definition) is 2. The zero-order chi connectivity index (χ0) is 22.0. The largest absolute Gasteiger partial charge is 0.378 e. The molecule has 2 aromatic heterocycles. The summed E-state index contributed by atoms with van der Waals surface area (Å²) >= 11 is 1.23. The number of fused-ring (bicyclic) bond motifs is 1. The second-order valence-corrected chi connectivity index (χ2v) is 8.30. The zero-order valence-electron chi connectivity index (χ0n) is 17.5. The molecule has 2 N–H and O–H groups in total. The molecule has 4 rings (SSSR count). The molecule has 0 atom stereocenters. The molecule has 0 bridgehead atoms. The first kappa shape index (κ1) is 20.7. The molecule has 0 radical (unpaired) electrons. The number of rotatable bonds is 6. The number of thioether (sulfide) groups is 1. The van der Waals surface area contributed by atoms with E-state index in [-0.39, 0.29) is 17.2 Å². The van der Waals surface area contributed by atoms with Crippen LogP contribution in [-0.4, -0.2) is 40.3 Å². The van der Waals surface area contributed by atoms with E-state index < -0.39 is 0 Å². The van der Waals surface area contributed by atoms with Gasteiger partial charge in [0.2, 0.25) is 5.91 Å². The van der Waals surface area contributed by atoms with Crippen molar-refractivity contribution < 1.29 is 4.79 Å².